The molecule has 0 radical (unpaired) electrons. The molecule has 4 aromatic rings. The average molecular weight is 559 g/mol. The van der Waals surface area contributed by atoms with Gasteiger partial charge in [0.15, 0.2) is 0 Å². The molecule has 3 aromatic carbocycles. The van der Waals surface area contributed by atoms with Crippen molar-refractivity contribution in [2.75, 3.05) is 42.9 Å². The topological polar surface area (TPSA) is 90.5 Å². The summed E-state index contributed by atoms with van der Waals surface area (Å²) in [7, 11) is 0. The Kier molecular flexibility index (Phi) is 9.10. The van der Waals surface area contributed by atoms with Crippen molar-refractivity contribution in [2.45, 2.75) is 19.4 Å². The number of nitrogens with one attached hydrogen (secondary N) is 2. The zero-order valence-corrected chi connectivity index (χ0v) is 22.9. The van der Waals surface area contributed by atoms with Crippen LogP contribution in [0.25, 0.3) is 0 Å². The number of hydrogen-bond acceptors (Lipinski definition) is 7. The van der Waals surface area contributed by atoms with E-state index in [0.717, 1.165) is 54.5 Å². The first-order valence-electron chi connectivity index (χ1n) is 13.3. The minimum Gasteiger partial charge on any atom is -0.352 e. The van der Waals surface area contributed by atoms with Gasteiger partial charge in [-0.1, -0.05) is 65.9 Å². The second-order valence-electron chi connectivity index (χ2n) is 9.69. The smallest absolute Gasteiger partial charge is 0.251 e. The van der Waals surface area contributed by atoms with E-state index in [-0.39, 0.29) is 17.6 Å². The van der Waals surface area contributed by atoms with Crippen LogP contribution in [0.15, 0.2) is 78.9 Å². The standard InChI is InChI=1S/C30H31FN6O2S/c31-26-12-8-22(9-13-26)14-15-32-28(39)25-10-6-24(7-11-25)21-36-16-18-37(19-17-36)30-35-34-29(40-30)33-27(38)20-23-4-2-1-3-5-23/h1-13H,14-21H2,(H,32,39)(H,33,34,38). The summed E-state index contributed by atoms with van der Waals surface area (Å²) in [5.74, 6) is -0.482. The van der Waals surface area contributed by atoms with E-state index in [1.165, 1.54) is 23.5 Å². The van der Waals surface area contributed by atoms with Gasteiger partial charge in [-0.3, -0.25) is 14.5 Å². The van der Waals surface area contributed by atoms with Crippen LogP contribution in [0.3, 0.4) is 0 Å². The lowest BCUT2D eigenvalue weighted by molar-refractivity contribution is -0.115. The fraction of sp³-hybridized carbons (Fsp3) is 0.267. The number of benzene rings is 3. The van der Waals surface area contributed by atoms with E-state index in [0.29, 0.717) is 30.1 Å². The number of piperazine rings is 1. The number of rotatable bonds is 10. The first-order valence-corrected chi connectivity index (χ1v) is 14.1. The van der Waals surface area contributed by atoms with E-state index in [9.17, 15) is 14.0 Å². The molecule has 0 unspecified atom stereocenters. The predicted octanol–water partition coefficient (Wildman–Crippen LogP) is 4.15. The third-order valence-corrected chi connectivity index (χ3v) is 7.65. The summed E-state index contributed by atoms with van der Waals surface area (Å²) in [6, 6.07) is 23.6. The van der Waals surface area contributed by atoms with Crippen molar-refractivity contribution in [3.63, 3.8) is 0 Å². The Morgan fingerprint density at radius 1 is 0.825 bits per heavy atom. The zero-order valence-electron chi connectivity index (χ0n) is 22.1. The number of amides is 2. The van der Waals surface area contributed by atoms with Crippen molar-refractivity contribution in [2.24, 2.45) is 0 Å². The number of halogens is 1. The monoisotopic (exact) mass is 558 g/mol. The Labute approximate surface area is 236 Å². The molecular weight excluding hydrogens is 527 g/mol. The molecule has 1 aliphatic heterocycles. The Morgan fingerprint density at radius 3 is 2.25 bits per heavy atom. The van der Waals surface area contributed by atoms with Crippen LogP contribution in [0, 0.1) is 5.82 Å². The van der Waals surface area contributed by atoms with Gasteiger partial charge in [-0.2, -0.15) is 0 Å². The van der Waals surface area contributed by atoms with E-state index in [2.05, 4.69) is 30.6 Å². The van der Waals surface area contributed by atoms with Gasteiger partial charge in [-0.05, 0) is 47.4 Å². The van der Waals surface area contributed by atoms with Crippen LogP contribution >= 0.6 is 11.3 Å². The van der Waals surface area contributed by atoms with Gasteiger partial charge in [0.1, 0.15) is 5.82 Å². The van der Waals surface area contributed by atoms with Crippen molar-refractivity contribution < 1.29 is 14.0 Å². The van der Waals surface area contributed by atoms with Gasteiger partial charge < -0.3 is 15.5 Å². The highest BCUT2D eigenvalue weighted by Crippen LogP contribution is 2.25. The molecule has 0 aliphatic carbocycles. The Balaban J connectivity index is 1.03. The van der Waals surface area contributed by atoms with E-state index in [1.807, 2.05) is 54.6 Å². The van der Waals surface area contributed by atoms with Gasteiger partial charge in [0, 0.05) is 44.8 Å². The lowest BCUT2D eigenvalue weighted by atomic mass is 10.1. The zero-order chi connectivity index (χ0) is 27.7. The molecule has 0 bridgehead atoms. The summed E-state index contributed by atoms with van der Waals surface area (Å²) in [6.07, 6.45) is 0.953. The van der Waals surface area contributed by atoms with Gasteiger partial charge in [-0.15, -0.1) is 10.2 Å². The molecule has 10 heteroatoms. The number of carbonyl (C=O) groups is 2. The lowest BCUT2D eigenvalue weighted by Crippen LogP contribution is -2.45. The van der Waals surface area contributed by atoms with Crippen LogP contribution < -0.4 is 15.5 Å². The van der Waals surface area contributed by atoms with Gasteiger partial charge >= 0.3 is 0 Å². The second kappa shape index (κ2) is 13.3. The van der Waals surface area contributed by atoms with Crippen molar-refractivity contribution in [1.82, 2.24) is 20.4 Å². The highest BCUT2D eigenvalue weighted by Gasteiger charge is 2.21. The van der Waals surface area contributed by atoms with Crippen LogP contribution in [0.2, 0.25) is 0 Å². The molecular formula is C30H31FN6O2S. The summed E-state index contributed by atoms with van der Waals surface area (Å²) in [4.78, 5) is 29.4. The van der Waals surface area contributed by atoms with Crippen LogP contribution in [0.1, 0.15) is 27.0 Å². The SMILES string of the molecule is O=C(Cc1ccccc1)Nc1nnc(N2CCN(Cc3ccc(C(=O)NCCc4ccc(F)cc4)cc3)CC2)s1. The van der Waals surface area contributed by atoms with Gasteiger partial charge in [0.25, 0.3) is 5.91 Å². The van der Waals surface area contributed by atoms with Gasteiger partial charge in [0.05, 0.1) is 6.42 Å². The van der Waals surface area contributed by atoms with Gasteiger partial charge in [-0.25, -0.2) is 4.39 Å². The summed E-state index contributed by atoms with van der Waals surface area (Å²) < 4.78 is 13.0. The molecule has 0 saturated carbocycles. The summed E-state index contributed by atoms with van der Waals surface area (Å²) in [6.45, 7) is 4.69. The minimum atomic E-state index is -0.262. The van der Waals surface area contributed by atoms with E-state index in [1.54, 1.807) is 12.1 Å². The maximum atomic E-state index is 13.0. The van der Waals surface area contributed by atoms with Crippen molar-refractivity contribution >= 4 is 33.4 Å². The fourth-order valence-corrected chi connectivity index (χ4v) is 5.34. The van der Waals surface area contributed by atoms with Crippen molar-refractivity contribution in [3.8, 4) is 0 Å². The highest BCUT2D eigenvalue weighted by molar-refractivity contribution is 7.19. The fourth-order valence-electron chi connectivity index (χ4n) is 4.53. The lowest BCUT2D eigenvalue weighted by Gasteiger charge is -2.34. The number of carbonyl (C=O) groups excluding carboxylic acids is 2. The number of hydrogen-bond donors (Lipinski definition) is 2. The summed E-state index contributed by atoms with van der Waals surface area (Å²) in [5, 5.41) is 15.5. The van der Waals surface area contributed by atoms with Gasteiger partial charge in [0.2, 0.25) is 16.2 Å². The first-order chi connectivity index (χ1) is 19.5. The van der Waals surface area contributed by atoms with E-state index < -0.39 is 0 Å². The molecule has 5 rings (SSSR count). The molecule has 0 atom stereocenters. The quantitative estimate of drug-likeness (QED) is 0.304. The molecule has 1 aromatic heterocycles. The van der Waals surface area contributed by atoms with Crippen LogP contribution in [0.5, 0.6) is 0 Å². The molecule has 1 saturated heterocycles. The largest absolute Gasteiger partial charge is 0.352 e. The predicted molar refractivity (Wildman–Crippen MR) is 155 cm³/mol. The number of aromatic nitrogens is 2. The molecule has 2 N–H and O–H groups in total. The van der Waals surface area contributed by atoms with Crippen molar-refractivity contribution in [1.29, 1.82) is 0 Å². The van der Waals surface area contributed by atoms with Crippen LogP contribution in [-0.2, 0) is 24.2 Å². The second-order valence-corrected chi connectivity index (χ2v) is 10.6. The Morgan fingerprint density at radius 2 is 1.52 bits per heavy atom. The molecule has 8 nitrogen and oxygen atoms in total. The third kappa shape index (κ3) is 7.71. The Bertz CT molecular complexity index is 1400. The third-order valence-electron chi connectivity index (χ3n) is 6.75. The molecule has 206 valence electrons. The molecule has 40 heavy (non-hydrogen) atoms. The average Bonchev–Trinajstić information content (AvgIpc) is 3.43. The normalized spacial score (nSPS) is 13.7. The minimum absolute atomic E-state index is 0.104. The molecule has 1 aliphatic rings. The molecule has 1 fully saturated rings. The Hall–Kier alpha value is -4.15. The summed E-state index contributed by atoms with van der Waals surface area (Å²) >= 11 is 1.39. The van der Waals surface area contributed by atoms with E-state index >= 15 is 0 Å². The molecule has 2 amide bonds. The maximum absolute atomic E-state index is 13.0. The number of anilines is 2. The molecule has 0 spiro atoms. The number of nitrogens with zero attached hydrogens (tertiary/aromatic N) is 4. The highest BCUT2D eigenvalue weighted by atomic mass is 32.1. The molecule has 2 heterocycles. The first kappa shape index (κ1) is 27.4. The van der Waals surface area contributed by atoms with Crippen molar-refractivity contribution in [3.05, 3.63) is 107 Å². The maximum Gasteiger partial charge on any atom is 0.251 e. The van der Waals surface area contributed by atoms with Crippen LogP contribution in [0.4, 0.5) is 14.7 Å². The summed E-state index contributed by atoms with van der Waals surface area (Å²) in [5.41, 5.74) is 3.71. The van der Waals surface area contributed by atoms with Crippen LogP contribution in [-0.4, -0.2) is 59.6 Å². The van der Waals surface area contributed by atoms with E-state index in [4.69, 9.17) is 0 Å².